The number of hydrogen-bond acceptors (Lipinski definition) is 5. The third kappa shape index (κ3) is 3.74. The zero-order valence-corrected chi connectivity index (χ0v) is 17.0. The molecule has 4 rings (SSSR count). The molecule has 2 heterocycles. The van der Waals surface area contributed by atoms with Crippen LogP contribution in [0.15, 0.2) is 63.9 Å². The monoisotopic (exact) mass is 402 g/mol. The zero-order chi connectivity index (χ0) is 21.3. The number of para-hydroxylation sites is 2. The van der Waals surface area contributed by atoms with Crippen molar-refractivity contribution in [3.8, 4) is 11.5 Å². The van der Waals surface area contributed by atoms with Gasteiger partial charge < -0.3 is 9.84 Å². The number of pyridine rings is 1. The Bertz CT molecular complexity index is 1290. The summed E-state index contributed by atoms with van der Waals surface area (Å²) < 4.78 is 6.85. The summed E-state index contributed by atoms with van der Waals surface area (Å²) in [5, 5.41) is 7.63. The van der Waals surface area contributed by atoms with Gasteiger partial charge in [-0.1, -0.05) is 55.4 Å². The van der Waals surface area contributed by atoms with E-state index < -0.39 is 0 Å². The molecule has 0 aliphatic heterocycles. The molecule has 7 heteroatoms. The summed E-state index contributed by atoms with van der Waals surface area (Å²) in [4.78, 5) is 30.0. The largest absolute Gasteiger partial charge is 0.334 e. The molecule has 152 valence electrons. The lowest BCUT2D eigenvalue weighted by Crippen LogP contribution is -2.28. The van der Waals surface area contributed by atoms with Crippen LogP contribution in [0.25, 0.3) is 22.4 Å². The van der Waals surface area contributed by atoms with Gasteiger partial charge in [-0.25, -0.2) is 0 Å². The number of amides is 1. The van der Waals surface area contributed by atoms with Gasteiger partial charge >= 0.3 is 0 Å². The second-order valence-electron chi connectivity index (χ2n) is 7.48. The summed E-state index contributed by atoms with van der Waals surface area (Å²) in [5.41, 5.74) is 2.56. The van der Waals surface area contributed by atoms with Gasteiger partial charge in [0.1, 0.15) is 6.54 Å². The number of carbonyl (C=O) groups excluding carboxylic acids is 1. The summed E-state index contributed by atoms with van der Waals surface area (Å²) in [7, 11) is 0. The summed E-state index contributed by atoms with van der Waals surface area (Å²) in [6.45, 7) is 5.76. The smallest absolute Gasteiger partial charge is 0.258 e. The molecule has 4 aromatic rings. The standard InChI is InChI=1S/C23H22N4O3/c1-14(2)22-25-23(30-26-22)17-12-21(29)27(19-11-7-5-9-16(17)19)13-20(28)24-18-10-6-4-8-15(18)3/h4-12,14H,13H2,1-3H3,(H,24,28). The van der Waals surface area contributed by atoms with Crippen molar-refractivity contribution < 1.29 is 9.32 Å². The van der Waals surface area contributed by atoms with E-state index in [4.69, 9.17) is 4.52 Å². The first-order valence-electron chi connectivity index (χ1n) is 9.76. The second-order valence-corrected chi connectivity index (χ2v) is 7.48. The van der Waals surface area contributed by atoms with Crippen molar-refractivity contribution in [1.29, 1.82) is 0 Å². The Balaban J connectivity index is 1.73. The molecular weight excluding hydrogens is 380 g/mol. The van der Waals surface area contributed by atoms with Crippen molar-refractivity contribution in [3.63, 3.8) is 0 Å². The van der Waals surface area contributed by atoms with E-state index in [-0.39, 0.29) is 23.9 Å². The van der Waals surface area contributed by atoms with E-state index >= 15 is 0 Å². The first kappa shape index (κ1) is 19.6. The van der Waals surface area contributed by atoms with Crippen LogP contribution in [0.2, 0.25) is 0 Å². The maximum absolute atomic E-state index is 12.9. The van der Waals surface area contributed by atoms with E-state index in [1.54, 1.807) is 6.07 Å². The van der Waals surface area contributed by atoms with Gasteiger partial charge in [-0.2, -0.15) is 4.98 Å². The number of rotatable bonds is 5. The number of carbonyl (C=O) groups is 1. The van der Waals surface area contributed by atoms with Gasteiger partial charge in [-0.15, -0.1) is 0 Å². The topological polar surface area (TPSA) is 90.0 Å². The van der Waals surface area contributed by atoms with Gasteiger partial charge in [-0.3, -0.25) is 14.2 Å². The van der Waals surface area contributed by atoms with Gasteiger partial charge in [0, 0.05) is 23.1 Å². The van der Waals surface area contributed by atoms with Gasteiger partial charge in [-0.05, 0) is 24.6 Å². The van der Waals surface area contributed by atoms with Crippen LogP contribution in [-0.2, 0) is 11.3 Å². The minimum absolute atomic E-state index is 0.102. The number of anilines is 1. The van der Waals surface area contributed by atoms with Crippen molar-refractivity contribution in [1.82, 2.24) is 14.7 Å². The molecule has 0 atom stereocenters. The van der Waals surface area contributed by atoms with Crippen molar-refractivity contribution in [2.45, 2.75) is 33.2 Å². The highest BCUT2D eigenvalue weighted by Gasteiger charge is 2.18. The van der Waals surface area contributed by atoms with Crippen LogP contribution >= 0.6 is 0 Å². The maximum atomic E-state index is 12.9. The van der Waals surface area contributed by atoms with Crippen LogP contribution in [0, 0.1) is 6.92 Å². The zero-order valence-electron chi connectivity index (χ0n) is 17.0. The van der Waals surface area contributed by atoms with Gasteiger partial charge in [0.15, 0.2) is 5.82 Å². The summed E-state index contributed by atoms with van der Waals surface area (Å²) in [6.07, 6.45) is 0. The molecule has 1 N–H and O–H groups in total. The average molecular weight is 402 g/mol. The van der Waals surface area contributed by atoms with Crippen LogP contribution in [0.5, 0.6) is 0 Å². The molecule has 2 aromatic carbocycles. The molecule has 0 fully saturated rings. The molecule has 1 amide bonds. The van der Waals surface area contributed by atoms with Crippen LogP contribution in [0.4, 0.5) is 5.69 Å². The van der Waals surface area contributed by atoms with Crippen LogP contribution in [0.1, 0.15) is 31.2 Å². The lowest BCUT2D eigenvalue weighted by Gasteiger charge is -2.13. The van der Waals surface area contributed by atoms with Gasteiger partial charge in [0.25, 0.3) is 11.4 Å². The molecule has 0 aliphatic carbocycles. The van der Waals surface area contributed by atoms with Crippen molar-refractivity contribution >= 4 is 22.5 Å². The first-order chi connectivity index (χ1) is 14.4. The fourth-order valence-electron chi connectivity index (χ4n) is 3.30. The van der Waals surface area contributed by atoms with Gasteiger partial charge in [0.05, 0.1) is 11.1 Å². The normalized spacial score (nSPS) is 11.2. The molecule has 2 aromatic heterocycles. The van der Waals surface area contributed by atoms with E-state index in [1.807, 2.05) is 63.2 Å². The molecule has 0 bridgehead atoms. The Morgan fingerprint density at radius 3 is 2.60 bits per heavy atom. The average Bonchev–Trinajstić information content (AvgIpc) is 3.22. The Morgan fingerprint density at radius 1 is 1.13 bits per heavy atom. The number of benzene rings is 2. The molecule has 0 radical (unpaired) electrons. The highest BCUT2D eigenvalue weighted by molar-refractivity contribution is 5.95. The molecule has 0 saturated heterocycles. The Labute approximate surface area is 173 Å². The van der Waals surface area contributed by atoms with E-state index in [9.17, 15) is 9.59 Å². The highest BCUT2D eigenvalue weighted by Crippen LogP contribution is 2.27. The predicted octanol–water partition coefficient (Wildman–Crippen LogP) is 4.12. The van der Waals surface area contributed by atoms with Crippen LogP contribution < -0.4 is 10.9 Å². The van der Waals surface area contributed by atoms with Gasteiger partial charge in [0.2, 0.25) is 5.91 Å². The fraction of sp³-hybridized carbons (Fsp3) is 0.217. The Morgan fingerprint density at radius 2 is 1.87 bits per heavy atom. The predicted molar refractivity (Wildman–Crippen MR) is 115 cm³/mol. The molecule has 0 spiro atoms. The number of nitrogens with one attached hydrogen (secondary N) is 1. The second kappa shape index (κ2) is 7.94. The summed E-state index contributed by atoms with van der Waals surface area (Å²) >= 11 is 0. The Kier molecular flexibility index (Phi) is 5.18. The molecule has 0 unspecified atom stereocenters. The fourth-order valence-corrected chi connectivity index (χ4v) is 3.30. The number of fused-ring (bicyclic) bond motifs is 1. The molecule has 30 heavy (non-hydrogen) atoms. The number of aromatic nitrogens is 3. The molecule has 7 nitrogen and oxygen atoms in total. The summed E-state index contributed by atoms with van der Waals surface area (Å²) in [5.74, 6) is 0.711. The lowest BCUT2D eigenvalue weighted by atomic mass is 10.1. The van der Waals surface area contributed by atoms with E-state index in [0.717, 1.165) is 16.6 Å². The summed E-state index contributed by atoms with van der Waals surface area (Å²) in [6, 6.07) is 16.3. The van der Waals surface area contributed by atoms with Crippen molar-refractivity contribution in [2.75, 3.05) is 5.32 Å². The van der Waals surface area contributed by atoms with Crippen molar-refractivity contribution in [3.05, 3.63) is 76.3 Å². The first-order valence-corrected chi connectivity index (χ1v) is 9.76. The van der Waals surface area contributed by atoms with E-state index in [0.29, 0.717) is 22.8 Å². The minimum atomic E-state index is -0.312. The van der Waals surface area contributed by atoms with E-state index in [2.05, 4.69) is 15.5 Å². The third-order valence-corrected chi connectivity index (χ3v) is 4.93. The van der Waals surface area contributed by atoms with Crippen molar-refractivity contribution in [2.24, 2.45) is 0 Å². The third-order valence-electron chi connectivity index (χ3n) is 4.93. The molecule has 0 saturated carbocycles. The van der Waals surface area contributed by atoms with Crippen LogP contribution in [-0.4, -0.2) is 20.6 Å². The maximum Gasteiger partial charge on any atom is 0.258 e. The SMILES string of the molecule is Cc1ccccc1NC(=O)Cn1c(=O)cc(-c2nc(C(C)C)no2)c2ccccc21. The number of hydrogen-bond donors (Lipinski definition) is 1. The lowest BCUT2D eigenvalue weighted by molar-refractivity contribution is -0.116. The van der Waals surface area contributed by atoms with E-state index in [1.165, 1.54) is 10.6 Å². The minimum Gasteiger partial charge on any atom is -0.334 e. The Hall–Kier alpha value is -3.74. The molecular formula is C23H22N4O3. The number of nitrogens with zero attached hydrogens (tertiary/aromatic N) is 3. The number of aryl methyl sites for hydroxylation is 1. The quantitative estimate of drug-likeness (QED) is 0.542. The van der Waals surface area contributed by atoms with Crippen LogP contribution in [0.3, 0.4) is 0 Å². The highest BCUT2D eigenvalue weighted by atomic mass is 16.5. The molecule has 0 aliphatic rings.